The van der Waals surface area contributed by atoms with E-state index in [0.29, 0.717) is 5.92 Å². The second-order valence-electron chi connectivity index (χ2n) is 6.02. The van der Waals surface area contributed by atoms with Crippen LogP contribution < -0.4 is 5.73 Å². The average molecular weight is 332 g/mol. The van der Waals surface area contributed by atoms with Gasteiger partial charge < -0.3 is 5.73 Å². The van der Waals surface area contributed by atoms with Crippen LogP contribution in [0.15, 0.2) is 58.3 Å². The molecule has 2 aromatic rings. The van der Waals surface area contributed by atoms with Gasteiger partial charge >= 0.3 is 0 Å². The zero-order valence-electron chi connectivity index (χ0n) is 12.7. The van der Waals surface area contributed by atoms with Crippen LogP contribution in [0.3, 0.4) is 0 Å². The van der Waals surface area contributed by atoms with E-state index in [1.165, 1.54) is 47.5 Å². The van der Waals surface area contributed by atoms with E-state index in [1.807, 2.05) is 12.1 Å². The molecule has 0 bridgehead atoms. The molecule has 22 heavy (non-hydrogen) atoms. The molecule has 0 radical (unpaired) electrons. The summed E-state index contributed by atoms with van der Waals surface area (Å²) in [7, 11) is 0. The molecule has 1 saturated carbocycles. The Morgan fingerprint density at radius 1 is 0.955 bits per heavy atom. The van der Waals surface area contributed by atoms with Crippen LogP contribution in [-0.2, 0) is 0 Å². The molecule has 0 saturated heterocycles. The summed E-state index contributed by atoms with van der Waals surface area (Å²) in [5.74, 6) is 0.626. The Morgan fingerprint density at radius 3 is 2.36 bits per heavy atom. The smallest absolute Gasteiger partial charge is 0.0406 e. The van der Waals surface area contributed by atoms with Gasteiger partial charge in [-0.05, 0) is 54.7 Å². The van der Waals surface area contributed by atoms with Crippen molar-refractivity contribution < 1.29 is 0 Å². The highest BCUT2D eigenvalue weighted by atomic mass is 35.5. The molecule has 0 spiro atoms. The number of benzene rings is 2. The molecular weight excluding hydrogens is 310 g/mol. The van der Waals surface area contributed by atoms with Crippen LogP contribution in [0.1, 0.15) is 43.7 Å². The molecule has 0 unspecified atom stereocenters. The topological polar surface area (TPSA) is 26.0 Å². The highest BCUT2D eigenvalue weighted by molar-refractivity contribution is 7.99. The summed E-state index contributed by atoms with van der Waals surface area (Å²) in [6.07, 6.45) is 6.54. The first kappa shape index (κ1) is 15.9. The van der Waals surface area contributed by atoms with Crippen LogP contribution >= 0.6 is 23.4 Å². The summed E-state index contributed by atoms with van der Waals surface area (Å²) in [4.78, 5) is 2.47. The van der Waals surface area contributed by atoms with E-state index in [9.17, 15) is 0 Å². The van der Waals surface area contributed by atoms with Crippen LogP contribution in [0.4, 0.5) is 0 Å². The highest BCUT2D eigenvalue weighted by Crippen LogP contribution is 2.39. The van der Waals surface area contributed by atoms with Crippen molar-refractivity contribution in [3.05, 3.63) is 59.1 Å². The quantitative estimate of drug-likeness (QED) is 0.735. The van der Waals surface area contributed by atoms with Crippen molar-refractivity contribution in [1.82, 2.24) is 0 Å². The summed E-state index contributed by atoms with van der Waals surface area (Å²) in [6.45, 7) is 0. The van der Waals surface area contributed by atoms with Gasteiger partial charge in [0, 0.05) is 20.9 Å². The fourth-order valence-corrected chi connectivity index (χ4v) is 4.35. The third kappa shape index (κ3) is 3.87. The molecule has 0 aromatic heterocycles. The maximum absolute atomic E-state index is 6.61. The summed E-state index contributed by atoms with van der Waals surface area (Å²) in [5.41, 5.74) is 7.90. The molecular formula is C19H22ClNS. The van der Waals surface area contributed by atoms with Crippen LogP contribution in [0, 0.1) is 5.92 Å². The Kier molecular flexibility index (Phi) is 5.46. The summed E-state index contributed by atoms with van der Waals surface area (Å²) in [5, 5.41) is 0.775. The monoisotopic (exact) mass is 331 g/mol. The molecule has 1 aliphatic carbocycles. The van der Waals surface area contributed by atoms with E-state index in [2.05, 4.69) is 36.4 Å². The number of rotatable bonds is 4. The molecule has 0 amide bonds. The molecule has 3 heteroatoms. The van der Waals surface area contributed by atoms with E-state index < -0.39 is 0 Å². The maximum Gasteiger partial charge on any atom is 0.0406 e. The van der Waals surface area contributed by atoms with Crippen molar-refractivity contribution >= 4 is 23.4 Å². The van der Waals surface area contributed by atoms with Gasteiger partial charge in [0.1, 0.15) is 0 Å². The first-order valence-electron chi connectivity index (χ1n) is 8.02. The lowest BCUT2D eigenvalue weighted by Crippen LogP contribution is -2.24. The molecule has 0 aliphatic heterocycles. The average Bonchev–Trinajstić information content (AvgIpc) is 2.58. The predicted octanol–water partition coefficient (Wildman–Crippen LogP) is 6.07. The second-order valence-corrected chi connectivity index (χ2v) is 7.57. The molecule has 2 aromatic carbocycles. The van der Waals surface area contributed by atoms with Gasteiger partial charge in [-0.25, -0.2) is 0 Å². The minimum Gasteiger partial charge on any atom is -0.324 e. The lowest BCUT2D eigenvalue weighted by atomic mass is 9.81. The van der Waals surface area contributed by atoms with Gasteiger partial charge in [0.05, 0.1) is 0 Å². The van der Waals surface area contributed by atoms with E-state index in [1.54, 1.807) is 11.8 Å². The van der Waals surface area contributed by atoms with Gasteiger partial charge in [-0.15, -0.1) is 0 Å². The first-order chi connectivity index (χ1) is 10.7. The van der Waals surface area contributed by atoms with Crippen molar-refractivity contribution in [3.8, 4) is 0 Å². The van der Waals surface area contributed by atoms with Gasteiger partial charge in [-0.1, -0.05) is 60.8 Å². The standard InChI is InChI=1S/C19H22ClNS/c20-15-10-12-16(13-11-15)22-18-9-5-4-8-17(18)19(21)14-6-2-1-3-7-14/h4-5,8-14,19H,1-3,6-7,21H2/t19-/m1/s1. The highest BCUT2D eigenvalue weighted by Gasteiger charge is 2.23. The minimum absolute atomic E-state index is 0.149. The van der Waals surface area contributed by atoms with E-state index in [0.717, 1.165) is 5.02 Å². The number of hydrogen-bond acceptors (Lipinski definition) is 2. The van der Waals surface area contributed by atoms with Crippen LogP contribution in [0.25, 0.3) is 0 Å². The number of hydrogen-bond donors (Lipinski definition) is 1. The van der Waals surface area contributed by atoms with E-state index in [-0.39, 0.29) is 6.04 Å². The van der Waals surface area contributed by atoms with Crippen molar-refractivity contribution in [3.63, 3.8) is 0 Å². The van der Waals surface area contributed by atoms with Gasteiger partial charge in [0.15, 0.2) is 0 Å². The van der Waals surface area contributed by atoms with Crippen molar-refractivity contribution in [2.24, 2.45) is 11.7 Å². The number of nitrogens with two attached hydrogens (primary N) is 1. The van der Waals surface area contributed by atoms with Crippen LogP contribution in [0.5, 0.6) is 0 Å². The summed E-state index contributed by atoms with van der Waals surface area (Å²) in [6, 6.07) is 16.7. The maximum atomic E-state index is 6.61. The first-order valence-corrected chi connectivity index (χ1v) is 9.21. The fraction of sp³-hybridized carbons (Fsp3) is 0.368. The lowest BCUT2D eigenvalue weighted by Gasteiger charge is -2.29. The molecule has 116 valence electrons. The van der Waals surface area contributed by atoms with Gasteiger partial charge in [-0.2, -0.15) is 0 Å². The van der Waals surface area contributed by atoms with Crippen molar-refractivity contribution in [1.29, 1.82) is 0 Å². The Hall–Kier alpha value is -0.960. The molecule has 0 heterocycles. The van der Waals surface area contributed by atoms with Gasteiger partial charge in [-0.3, -0.25) is 0 Å². The second kappa shape index (κ2) is 7.54. The fourth-order valence-electron chi connectivity index (χ4n) is 3.23. The molecule has 1 nitrogen and oxygen atoms in total. The van der Waals surface area contributed by atoms with E-state index in [4.69, 9.17) is 17.3 Å². The molecule has 2 N–H and O–H groups in total. The third-order valence-corrected chi connectivity index (χ3v) is 5.83. The van der Waals surface area contributed by atoms with Crippen molar-refractivity contribution in [2.45, 2.75) is 47.9 Å². The van der Waals surface area contributed by atoms with Gasteiger partial charge in [0.25, 0.3) is 0 Å². The zero-order chi connectivity index (χ0) is 15.4. The Bertz CT molecular complexity index is 605. The van der Waals surface area contributed by atoms with Crippen molar-refractivity contribution in [2.75, 3.05) is 0 Å². The summed E-state index contributed by atoms with van der Waals surface area (Å²) >= 11 is 7.75. The van der Waals surface area contributed by atoms with E-state index >= 15 is 0 Å². The lowest BCUT2D eigenvalue weighted by molar-refractivity contribution is 0.306. The largest absolute Gasteiger partial charge is 0.324 e. The van der Waals surface area contributed by atoms with Gasteiger partial charge in [0.2, 0.25) is 0 Å². The Balaban J connectivity index is 1.81. The minimum atomic E-state index is 0.149. The zero-order valence-corrected chi connectivity index (χ0v) is 14.2. The van der Waals surface area contributed by atoms with Crippen LogP contribution in [0.2, 0.25) is 5.02 Å². The normalized spacial score (nSPS) is 17.4. The molecule has 3 rings (SSSR count). The number of halogens is 1. The Morgan fingerprint density at radius 2 is 1.64 bits per heavy atom. The molecule has 1 atom stereocenters. The SMILES string of the molecule is N[C@@H](c1ccccc1Sc1ccc(Cl)cc1)C1CCCCC1. The third-order valence-electron chi connectivity index (χ3n) is 4.48. The predicted molar refractivity (Wildman–Crippen MR) is 95.5 cm³/mol. The van der Waals surface area contributed by atoms with Crippen LogP contribution in [-0.4, -0.2) is 0 Å². The Labute approximate surface area is 142 Å². The molecule has 1 fully saturated rings. The summed E-state index contributed by atoms with van der Waals surface area (Å²) < 4.78 is 0. The molecule has 1 aliphatic rings.